The fraction of sp³-hybridized carbons (Fsp3) is 0.320. The molecule has 0 aliphatic carbocycles. The molecule has 198 valence electrons. The van der Waals surface area contributed by atoms with Crippen LogP contribution in [0.1, 0.15) is 18.4 Å². The number of rotatable bonds is 4. The maximum atomic E-state index is 13.4. The van der Waals surface area contributed by atoms with Crippen molar-refractivity contribution < 1.29 is 22.4 Å². The van der Waals surface area contributed by atoms with E-state index >= 15 is 0 Å². The number of carbonyl (C=O) groups is 1. The third kappa shape index (κ3) is 4.83. The lowest BCUT2D eigenvalue weighted by Gasteiger charge is -2.37. The Morgan fingerprint density at radius 1 is 1.08 bits per heavy atom. The third-order valence-corrected chi connectivity index (χ3v) is 6.79. The van der Waals surface area contributed by atoms with Gasteiger partial charge in [0.2, 0.25) is 0 Å². The van der Waals surface area contributed by atoms with Gasteiger partial charge in [-0.3, -0.25) is 9.67 Å². The molecule has 3 aromatic heterocycles. The predicted octanol–water partition coefficient (Wildman–Crippen LogP) is 4.72. The number of carbonyl (C=O) groups excluding carboxylic acids is 1. The van der Waals surface area contributed by atoms with Gasteiger partial charge in [0.1, 0.15) is 11.5 Å². The summed E-state index contributed by atoms with van der Waals surface area (Å²) in [6.07, 6.45) is 1.44. The number of nitrogens with zero attached hydrogens (tertiary/aromatic N) is 7. The first kappa shape index (κ1) is 25.4. The fourth-order valence-corrected chi connectivity index (χ4v) is 4.71. The molecular weight excluding hydrogens is 504 g/mol. The van der Waals surface area contributed by atoms with Crippen molar-refractivity contribution in [1.29, 1.82) is 0 Å². The van der Waals surface area contributed by atoms with Gasteiger partial charge in [-0.15, -0.1) is 10.2 Å². The van der Waals surface area contributed by atoms with Crippen LogP contribution in [0.2, 0.25) is 0 Å². The van der Waals surface area contributed by atoms with Crippen molar-refractivity contribution in [2.75, 3.05) is 30.4 Å². The second kappa shape index (κ2) is 9.88. The number of alkyl halides is 3. The molecule has 1 aromatic carbocycles. The van der Waals surface area contributed by atoms with E-state index in [1.807, 2.05) is 19.2 Å². The van der Waals surface area contributed by atoms with Crippen LogP contribution in [0.3, 0.4) is 0 Å². The number of amides is 2. The van der Waals surface area contributed by atoms with Gasteiger partial charge in [-0.2, -0.15) is 18.3 Å². The summed E-state index contributed by atoms with van der Waals surface area (Å²) in [6, 6.07) is 4.99. The van der Waals surface area contributed by atoms with Crippen LogP contribution in [0.25, 0.3) is 22.2 Å². The van der Waals surface area contributed by atoms with E-state index in [9.17, 15) is 22.4 Å². The Morgan fingerprint density at radius 3 is 2.53 bits per heavy atom. The van der Waals surface area contributed by atoms with Crippen molar-refractivity contribution in [1.82, 2.24) is 29.9 Å². The monoisotopic (exact) mass is 528 g/mol. The van der Waals surface area contributed by atoms with E-state index in [-0.39, 0.29) is 6.04 Å². The Kier molecular flexibility index (Phi) is 6.59. The van der Waals surface area contributed by atoms with Crippen LogP contribution in [-0.2, 0) is 13.2 Å². The molecule has 1 N–H and O–H groups in total. The van der Waals surface area contributed by atoms with Gasteiger partial charge in [-0.05, 0) is 43.2 Å². The summed E-state index contributed by atoms with van der Waals surface area (Å²) in [5, 5.41) is 17.2. The molecule has 0 spiro atoms. The number of hydrogen-bond donors (Lipinski definition) is 1. The largest absolute Gasteiger partial charge is 0.418 e. The molecule has 0 unspecified atom stereocenters. The number of aromatic nitrogens is 5. The van der Waals surface area contributed by atoms with Crippen LogP contribution < -0.4 is 10.2 Å². The first-order valence-electron chi connectivity index (χ1n) is 11.9. The minimum atomic E-state index is -4.81. The van der Waals surface area contributed by atoms with Gasteiger partial charge < -0.3 is 15.1 Å². The molecule has 0 atom stereocenters. The Balaban J connectivity index is 1.30. The van der Waals surface area contributed by atoms with Gasteiger partial charge in [0.05, 0.1) is 16.9 Å². The highest BCUT2D eigenvalue weighted by Crippen LogP contribution is 2.36. The van der Waals surface area contributed by atoms with Gasteiger partial charge in [0, 0.05) is 62.6 Å². The normalized spacial score (nSPS) is 14.6. The van der Waals surface area contributed by atoms with Crippen molar-refractivity contribution in [3.63, 3.8) is 0 Å². The van der Waals surface area contributed by atoms with Crippen LogP contribution in [-0.4, -0.2) is 62.1 Å². The first-order valence-corrected chi connectivity index (χ1v) is 11.9. The highest BCUT2D eigenvalue weighted by molar-refractivity contribution is 5.99. The SMILES string of the molecule is CN(C(=O)Nc1ccc(F)cc1C(F)(F)F)C1CCN(c2nnc(-c3ccnn3C)c3ccncc23)CC1. The molecule has 4 heterocycles. The highest BCUT2D eigenvalue weighted by atomic mass is 19.4. The Bertz CT molecular complexity index is 1480. The molecule has 38 heavy (non-hydrogen) atoms. The Hall–Kier alpha value is -4.29. The summed E-state index contributed by atoms with van der Waals surface area (Å²) in [4.78, 5) is 20.5. The second-order valence-electron chi connectivity index (χ2n) is 9.08. The number of nitrogens with one attached hydrogen (secondary N) is 1. The molecule has 0 saturated carbocycles. The lowest BCUT2D eigenvalue weighted by molar-refractivity contribution is -0.137. The summed E-state index contributed by atoms with van der Waals surface area (Å²) >= 11 is 0. The van der Waals surface area contributed by atoms with Crippen molar-refractivity contribution in [3.8, 4) is 11.4 Å². The zero-order valence-electron chi connectivity index (χ0n) is 20.6. The van der Waals surface area contributed by atoms with Gasteiger partial charge in [0.15, 0.2) is 5.82 Å². The topological polar surface area (TPSA) is 92.1 Å². The molecule has 1 saturated heterocycles. The lowest BCUT2D eigenvalue weighted by Crippen LogP contribution is -2.47. The van der Waals surface area contributed by atoms with Gasteiger partial charge >= 0.3 is 12.2 Å². The van der Waals surface area contributed by atoms with E-state index in [1.165, 1.54) is 11.9 Å². The molecule has 0 bridgehead atoms. The molecule has 13 heteroatoms. The van der Waals surface area contributed by atoms with Gasteiger partial charge in [-0.1, -0.05) is 0 Å². The Labute approximate surface area is 215 Å². The molecule has 4 aromatic rings. The third-order valence-electron chi connectivity index (χ3n) is 6.79. The summed E-state index contributed by atoms with van der Waals surface area (Å²) in [5.74, 6) is -0.360. The van der Waals surface area contributed by atoms with Crippen molar-refractivity contribution in [3.05, 3.63) is 60.3 Å². The standard InChI is InChI=1S/C25H24F4N8O/c1-35(24(38)32-20-4-3-15(26)13-19(20)25(27,28)29)16-7-11-37(12-8-16)23-18-14-30-9-5-17(18)22(33-34-23)21-6-10-31-36(21)2/h3-6,9-10,13-14,16H,7-8,11-12H2,1-2H3,(H,32,38). The van der Waals surface area contributed by atoms with Crippen LogP contribution in [0.5, 0.6) is 0 Å². The predicted molar refractivity (Wildman–Crippen MR) is 133 cm³/mol. The molecular formula is C25H24F4N8O. The second-order valence-corrected chi connectivity index (χ2v) is 9.08. The van der Waals surface area contributed by atoms with Crippen molar-refractivity contribution in [2.45, 2.75) is 25.1 Å². The number of halogens is 4. The van der Waals surface area contributed by atoms with Crippen LogP contribution >= 0.6 is 0 Å². The van der Waals surface area contributed by atoms with Gasteiger partial charge in [0.25, 0.3) is 0 Å². The minimum absolute atomic E-state index is 0.216. The molecule has 1 fully saturated rings. The molecule has 1 aliphatic heterocycles. The summed E-state index contributed by atoms with van der Waals surface area (Å²) < 4.78 is 55.1. The minimum Gasteiger partial charge on any atom is -0.354 e. The van der Waals surface area contributed by atoms with Crippen molar-refractivity contribution in [2.24, 2.45) is 7.05 Å². The quantitative estimate of drug-likeness (QED) is 0.386. The zero-order chi connectivity index (χ0) is 27.0. The summed E-state index contributed by atoms with van der Waals surface area (Å²) in [6.45, 7) is 1.10. The van der Waals surface area contributed by atoms with E-state index in [0.717, 1.165) is 28.6 Å². The molecule has 1 aliphatic rings. The highest BCUT2D eigenvalue weighted by Gasteiger charge is 2.35. The number of anilines is 2. The average molecular weight is 529 g/mol. The summed E-state index contributed by atoms with van der Waals surface area (Å²) in [5.41, 5.74) is -0.212. The van der Waals surface area contributed by atoms with E-state index in [2.05, 4.69) is 30.5 Å². The number of hydrogen-bond acceptors (Lipinski definition) is 6. The maximum Gasteiger partial charge on any atom is 0.418 e. The molecule has 9 nitrogen and oxygen atoms in total. The Morgan fingerprint density at radius 2 is 1.84 bits per heavy atom. The van der Waals surface area contributed by atoms with E-state index in [4.69, 9.17) is 0 Å². The average Bonchev–Trinajstić information content (AvgIpc) is 3.33. The first-order chi connectivity index (χ1) is 18.1. The number of fused-ring (bicyclic) bond motifs is 1. The maximum absolute atomic E-state index is 13.4. The number of pyridine rings is 1. The summed E-state index contributed by atoms with van der Waals surface area (Å²) in [7, 11) is 3.36. The number of aryl methyl sites for hydroxylation is 1. The molecule has 2 amide bonds. The van der Waals surface area contributed by atoms with E-state index in [1.54, 1.807) is 23.3 Å². The van der Waals surface area contributed by atoms with E-state index < -0.39 is 29.3 Å². The van der Waals surface area contributed by atoms with Crippen LogP contribution in [0.15, 0.2) is 48.9 Å². The van der Waals surface area contributed by atoms with Gasteiger partial charge in [-0.25, -0.2) is 9.18 Å². The number of urea groups is 1. The molecule has 5 rings (SSSR count). The van der Waals surface area contributed by atoms with E-state index in [0.29, 0.717) is 43.5 Å². The number of benzene rings is 1. The van der Waals surface area contributed by atoms with Crippen LogP contribution in [0, 0.1) is 5.82 Å². The smallest absolute Gasteiger partial charge is 0.354 e. The fourth-order valence-electron chi connectivity index (χ4n) is 4.71. The van der Waals surface area contributed by atoms with Crippen LogP contribution in [0.4, 0.5) is 33.9 Å². The lowest BCUT2D eigenvalue weighted by atomic mass is 10.0. The van der Waals surface area contributed by atoms with Crippen molar-refractivity contribution >= 4 is 28.3 Å². The molecule has 0 radical (unpaired) electrons. The number of piperidine rings is 1. The zero-order valence-corrected chi connectivity index (χ0v) is 20.6.